The van der Waals surface area contributed by atoms with Crippen LogP contribution in [0.3, 0.4) is 0 Å². The molecule has 1 aliphatic rings. The predicted octanol–water partition coefficient (Wildman–Crippen LogP) is 3.28. The Kier molecular flexibility index (Phi) is 6.93. The zero-order valence-electron chi connectivity index (χ0n) is 13.6. The Balaban J connectivity index is 1.94. The van der Waals surface area contributed by atoms with Gasteiger partial charge in [0.25, 0.3) is 0 Å². The summed E-state index contributed by atoms with van der Waals surface area (Å²) in [6.07, 6.45) is 7.43. The Morgan fingerprint density at radius 2 is 2.19 bits per heavy atom. The molecule has 0 aliphatic heterocycles. The van der Waals surface area contributed by atoms with Crippen LogP contribution in [-0.2, 0) is 11.3 Å². The number of nitrogens with one attached hydrogen (secondary N) is 1. The summed E-state index contributed by atoms with van der Waals surface area (Å²) in [5.74, 6) is 0.678. The van der Waals surface area contributed by atoms with E-state index in [-0.39, 0.29) is 0 Å². The van der Waals surface area contributed by atoms with E-state index in [1.54, 1.807) is 7.11 Å². The second-order valence-corrected chi connectivity index (χ2v) is 7.36. The van der Waals surface area contributed by atoms with E-state index in [1.807, 2.05) is 17.5 Å². The maximum Gasteiger partial charge on any atom is 0.185 e. The van der Waals surface area contributed by atoms with Gasteiger partial charge in [-0.05, 0) is 18.8 Å². The van der Waals surface area contributed by atoms with Crippen LogP contribution >= 0.6 is 11.3 Å². The summed E-state index contributed by atoms with van der Waals surface area (Å²) in [6.45, 7) is 8.25. The lowest BCUT2D eigenvalue weighted by Gasteiger charge is -2.30. The average Bonchev–Trinajstić information content (AvgIpc) is 3.12. The van der Waals surface area contributed by atoms with E-state index in [4.69, 9.17) is 4.74 Å². The zero-order valence-corrected chi connectivity index (χ0v) is 14.4. The maximum absolute atomic E-state index is 5.05. The van der Waals surface area contributed by atoms with Crippen molar-refractivity contribution in [2.45, 2.75) is 52.1 Å². The van der Waals surface area contributed by atoms with Gasteiger partial charge in [0.15, 0.2) is 5.13 Å². The van der Waals surface area contributed by atoms with Crippen LogP contribution in [0.2, 0.25) is 0 Å². The molecular formula is C16H29N3OS. The van der Waals surface area contributed by atoms with Gasteiger partial charge in [-0.25, -0.2) is 4.98 Å². The van der Waals surface area contributed by atoms with Crippen LogP contribution in [-0.4, -0.2) is 37.8 Å². The molecule has 0 atom stereocenters. The number of aromatic nitrogens is 1. The number of hydrogen-bond acceptors (Lipinski definition) is 5. The minimum Gasteiger partial charge on any atom is -0.383 e. The summed E-state index contributed by atoms with van der Waals surface area (Å²) < 4.78 is 5.05. The summed E-state index contributed by atoms with van der Waals surface area (Å²) in [5, 5.41) is 4.60. The highest BCUT2D eigenvalue weighted by molar-refractivity contribution is 7.15. The maximum atomic E-state index is 5.05. The standard InChI is InChI=1S/C16H29N3OS/c1-13(2)12-19(14-6-4-5-7-14)16-18-11-15(21-16)10-17-8-9-20-3/h11,13-14,17H,4-10,12H2,1-3H3. The Hall–Kier alpha value is -0.650. The van der Waals surface area contributed by atoms with Gasteiger partial charge in [-0.1, -0.05) is 26.7 Å². The van der Waals surface area contributed by atoms with Crippen molar-refractivity contribution < 1.29 is 4.74 Å². The summed E-state index contributed by atoms with van der Waals surface area (Å²) >= 11 is 1.84. The van der Waals surface area contributed by atoms with Gasteiger partial charge in [0.1, 0.15) is 0 Å². The van der Waals surface area contributed by atoms with Gasteiger partial charge in [-0.3, -0.25) is 0 Å². The van der Waals surface area contributed by atoms with Crippen molar-refractivity contribution in [1.29, 1.82) is 0 Å². The summed E-state index contributed by atoms with van der Waals surface area (Å²) in [4.78, 5) is 8.56. The Labute approximate surface area is 132 Å². The van der Waals surface area contributed by atoms with E-state index < -0.39 is 0 Å². The lowest BCUT2D eigenvalue weighted by Crippen LogP contribution is -2.36. The molecule has 5 heteroatoms. The quantitative estimate of drug-likeness (QED) is 0.710. The highest BCUT2D eigenvalue weighted by Crippen LogP contribution is 2.31. The van der Waals surface area contributed by atoms with Crippen LogP contribution in [0, 0.1) is 5.92 Å². The third-order valence-corrected chi connectivity index (χ3v) is 4.93. The first-order valence-corrected chi connectivity index (χ1v) is 8.93. The summed E-state index contributed by atoms with van der Waals surface area (Å²) in [5.41, 5.74) is 0. The first kappa shape index (κ1) is 16.7. The van der Waals surface area contributed by atoms with Gasteiger partial charge in [0.2, 0.25) is 0 Å². The highest BCUT2D eigenvalue weighted by Gasteiger charge is 2.25. The van der Waals surface area contributed by atoms with E-state index >= 15 is 0 Å². The van der Waals surface area contributed by atoms with Crippen molar-refractivity contribution >= 4 is 16.5 Å². The van der Waals surface area contributed by atoms with Gasteiger partial charge in [0.05, 0.1) is 6.61 Å². The molecule has 1 saturated carbocycles. The Morgan fingerprint density at radius 1 is 1.43 bits per heavy atom. The molecule has 0 radical (unpaired) electrons. The SMILES string of the molecule is COCCNCc1cnc(N(CC(C)C)C2CCCC2)s1. The fourth-order valence-electron chi connectivity index (χ4n) is 2.89. The van der Waals surface area contributed by atoms with Crippen molar-refractivity contribution in [2.75, 3.05) is 31.7 Å². The number of hydrogen-bond donors (Lipinski definition) is 1. The molecule has 1 aromatic heterocycles. The van der Waals surface area contributed by atoms with Crippen LogP contribution in [0.1, 0.15) is 44.4 Å². The monoisotopic (exact) mass is 311 g/mol. The second-order valence-electron chi connectivity index (χ2n) is 6.26. The van der Waals surface area contributed by atoms with E-state index in [0.29, 0.717) is 12.0 Å². The number of anilines is 1. The van der Waals surface area contributed by atoms with Crippen molar-refractivity contribution in [3.8, 4) is 0 Å². The van der Waals surface area contributed by atoms with Crippen molar-refractivity contribution in [1.82, 2.24) is 10.3 Å². The second kappa shape index (κ2) is 8.71. The molecule has 1 heterocycles. The third-order valence-electron chi connectivity index (χ3n) is 3.90. The molecule has 1 N–H and O–H groups in total. The van der Waals surface area contributed by atoms with E-state index in [1.165, 1.54) is 35.7 Å². The summed E-state index contributed by atoms with van der Waals surface area (Å²) in [6, 6.07) is 0.702. The molecule has 0 unspecified atom stereocenters. The first-order valence-electron chi connectivity index (χ1n) is 8.11. The molecule has 1 aliphatic carbocycles. The van der Waals surface area contributed by atoms with Gasteiger partial charge in [-0.15, -0.1) is 11.3 Å². The molecule has 120 valence electrons. The minimum atomic E-state index is 0.678. The van der Waals surface area contributed by atoms with Crippen LogP contribution in [0.4, 0.5) is 5.13 Å². The highest BCUT2D eigenvalue weighted by atomic mass is 32.1. The minimum absolute atomic E-state index is 0.678. The van der Waals surface area contributed by atoms with Crippen molar-refractivity contribution in [3.05, 3.63) is 11.1 Å². The molecule has 21 heavy (non-hydrogen) atoms. The topological polar surface area (TPSA) is 37.4 Å². The fraction of sp³-hybridized carbons (Fsp3) is 0.812. The molecule has 0 saturated heterocycles. The zero-order chi connectivity index (χ0) is 15.1. The van der Waals surface area contributed by atoms with Crippen LogP contribution < -0.4 is 10.2 Å². The Bertz CT molecular complexity index is 402. The Morgan fingerprint density at radius 3 is 2.86 bits per heavy atom. The van der Waals surface area contributed by atoms with Gasteiger partial charge in [0, 0.05) is 43.9 Å². The average molecular weight is 311 g/mol. The molecular weight excluding hydrogens is 282 g/mol. The lowest BCUT2D eigenvalue weighted by atomic mass is 10.1. The number of methoxy groups -OCH3 is 1. The molecule has 0 amide bonds. The van der Waals surface area contributed by atoms with Gasteiger partial charge >= 0.3 is 0 Å². The molecule has 1 fully saturated rings. The first-order chi connectivity index (χ1) is 10.2. The summed E-state index contributed by atoms with van der Waals surface area (Å²) in [7, 11) is 1.73. The molecule has 1 aromatic rings. The van der Waals surface area contributed by atoms with Gasteiger partial charge in [-0.2, -0.15) is 0 Å². The molecule has 2 rings (SSSR count). The van der Waals surface area contributed by atoms with Crippen LogP contribution in [0.15, 0.2) is 6.20 Å². The van der Waals surface area contributed by atoms with E-state index in [0.717, 1.165) is 26.2 Å². The number of thiazole rings is 1. The van der Waals surface area contributed by atoms with Crippen molar-refractivity contribution in [3.63, 3.8) is 0 Å². The van der Waals surface area contributed by atoms with E-state index in [9.17, 15) is 0 Å². The largest absolute Gasteiger partial charge is 0.383 e. The van der Waals surface area contributed by atoms with Crippen LogP contribution in [0.5, 0.6) is 0 Å². The van der Waals surface area contributed by atoms with Crippen LogP contribution in [0.25, 0.3) is 0 Å². The van der Waals surface area contributed by atoms with Gasteiger partial charge < -0.3 is 15.0 Å². The number of ether oxygens (including phenoxy) is 1. The van der Waals surface area contributed by atoms with E-state index in [2.05, 4.69) is 29.0 Å². The molecule has 0 spiro atoms. The predicted molar refractivity (Wildman–Crippen MR) is 90.1 cm³/mol. The number of nitrogens with zero attached hydrogens (tertiary/aromatic N) is 2. The molecule has 0 bridgehead atoms. The molecule has 4 nitrogen and oxygen atoms in total. The molecule has 0 aromatic carbocycles. The fourth-order valence-corrected chi connectivity index (χ4v) is 3.85. The third kappa shape index (κ3) is 5.24. The number of rotatable bonds is 9. The normalized spacial score (nSPS) is 16.0. The smallest absolute Gasteiger partial charge is 0.185 e. The van der Waals surface area contributed by atoms with Crippen molar-refractivity contribution in [2.24, 2.45) is 5.92 Å². The lowest BCUT2D eigenvalue weighted by molar-refractivity contribution is 0.199.